The molecule has 3 N–H and O–H groups in total. The number of anilines is 3. The van der Waals surface area contributed by atoms with Crippen molar-refractivity contribution < 1.29 is 26.7 Å². The summed E-state index contributed by atoms with van der Waals surface area (Å²) in [6, 6.07) is 4.73. The number of piperidine rings is 2. The second-order valence-electron chi connectivity index (χ2n) is 11.4. The van der Waals surface area contributed by atoms with Crippen LogP contribution in [0.25, 0.3) is 0 Å². The average molecular weight is 554 g/mol. The molecule has 2 aliphatic heterocycles. The molecule has 3 aliphatic rings. The molecule has 2 aromatic rings. The zero-order valence-corrected chi connectivity index (χ0v) is 22.4. The molecule has 208 valence electrons. The van der Waals surface area contributed by atoms with Crippen LogP contribution < -0.4 is 15.5 Å². The number of rotatable bonds is 5. The van der Waals surface area contributed by atoms with Crippen molar-refractivity contribution in [1.82, 2.24) is 15.3 Å². The van der Waals surface area contributed by atoms with Crippen LogP contribution in [-0.2, 0) is 16.0 Å². The molecule has 0 unspecified atom stereocenters. The predicted octanol–water partition coefficient (Wildman–Crippen LogP) is 4.20. The van der Waals surface area contributed by atoms with Gasteiger partial charge in [-0.25, -0.2) is 13.4 Å². The molecule has 1 spiro atoms. The van der Waals surface area contributed by atoms with Gasteiger partial charge in [0.2, 0.25) is 5.95 Å². The van der Waals surface area contributed by atoms with Gasteiger partial charge in [0, 0.05) is 25.0 Å². The van der Waals surface area contributed by atoms with Crippen LogP contribution in [0.2, 0.25) is 0 Å². The van der Waals surface area contributed by atoms with Crippen molar-refractivity contribution in [3.8, 4) is 0 Å². The summed E-state index contributed by atoms with van der Waals surface area (Å²) < 4.78 is 67.8. The first-order valence-corrected chi connectivity index (χ1v) is 14.6. The summed E-state index contributed by atoms with van der Waals surface area (Å²) in [5.74, 6) is -0.326. The summed E-state index contributed by atoms with van der Waals surface area (Å²) in [5.41, 5.74) is -0.826. The number of nitrogens with zero attached hydrogens (tertiary/aromatic N) is 3. The number of alkyl halides is 3. The highest BCUT2D eigenvalue weighted by atomic mass is 32.2. The molecule has 2 saturated heterocycles. The van der Waals surface area contributed by atoms with Gasteiger partial charge >= 0.3 is 6.18 Å². The molecule has 0 radical (unpaired) electrons. The van der Waals surface area contributed by atoms with Crippen LogP contribution in [0.5, 0.6) is 0 Å². The molecule has 0 bridgehead atoms. The van der Waals surface area contributed by atoms with Crippen molar-refractivity contribution in [3.05, 3.63) is 35.5 Å². The molecule has 8 nitrogen and oxygen atoms in total. The molecular weight excluding hydrogens is 519 g/mol. The Hall–Kier alpha value is -2.44. The van der Waals surface area contributed by atoms with Gasteiger partial charge in [-0.15, -0.1) is 0 Å². The Balaban J connectivity index is 1.36. The summed E-state index contributed by atoms with van der Waals surface area (Å²) >= 11 is 0. The van der Waals surface area contributed by atoms with Crippen molar-refractivity contribution >= 4 is 27.3 Å². The van der Waals surface area contributed by atoms with E-state index in [4.69, 9.17) is 0 Å². The van der Waals surface area contributed by atoms with E-state index in [1.165, 1.54) is 11.0 Å². The zero-order chi connectivity index (χ0) is 27.3. The topological polar surface area (TPSA) is 107 Å². The fourth-order valence-electron chi connectivity index (χ4n) is 6.03. The van der Waals surface area contributed by atoms with E-state index in [0.717, 1.165) is 32.1 Å². The molecule has 3 fully saturated rings. The van der Waals surface area contributed by atoms with E-state index in [1.807, 2.05) is 0 Å². The summed E-state index contributed by atoms with van der Waals surface area (Å²) in [4.78, 5) is 9.76. The number of nitrogens with one attached hydrogen (secondary N) is 2. The maximum Gasteiger partial charge on any atom is 0.421 e. The molecule has 0 amide bonds. The summed E-state index contributed by atoms with van der Waals surface area (Å²) in [6.45, 7) is 5.55. The SMILES string of the molecule is Cc1cc(S(=O)(=O)C2CC3(CCNCC3)C2)ccc1Nc1ncc(C(F)(F)F)c(N2CCC[C@](C)(O)C2)n1. The van der Waals surface area contributed by atoms with E-state index in [2.05, 4.69) is 20.6 Å². The lowest BCUT2D eigenvalue weighted by molar-refractivity contribution is -0.137. The molecule has 1 aromatic heterocycles. The standard InChI is InChI=1S/C26H34F3N5O3S/c1-17-12-18(38(36,37)19-13-25(14-19)7-9-30-10-8-25)4-5-21(17)32-23-31-15-20(26(27,28)29)22(33-23)34-11-3-6-24(2,35)16-34/h4-5,12,15,19,30,35H,3,6-11,13-14,16H2,1-2H3,(H,31,32,33)/t24-/m0/s1. The Morgan fingerprint density at radius 3 is 2.53 bits per heavy atom. The number of β-amino-alcohol motifs (C(OH)–C–C–N with tert-alkyl or cyclic N) is 1. The van der Waals surface area contributed by atoms with Crippen molar-refractivity contribution in [2.24, 2.45) is 5.41 Å². The first-order chi connectivity index (χ1) is 17.8. The highest BCUT2D eigenvalue weighted by Crippen LogP contribution is 2.51. The number of halogens is 3. The van der Waals surface area contributed by atoms with Crippen molar-refractivity contribution in [2.75, 3.05) is 36.4 Å². The quantitative estimate of drug-likeness (QED) is 0.506. The number of aryl methyl sites for hydroxylation is 1. The van der Waals surface area contributed by atoms with Gasteiger partial charge in [-0.2, -0.15) is 18.2 Å². The second kappa shape index (κ2) is 9.63. The van der Waals surface area contributed by atoms with Crippen molar-refractivity contribution in [1.29, 1.82) is 0 Å². The van der Waals surface area contributed by atoms with Gasteiger partial charge in [0.25, 0.3) is 0 Å². The Morgan fingerprint density at radius 2 is 1.89 bits per heavy atom. The molecule has 1 saturated carbocycles. The Morgan fingerprint density at radius 1 is 1.18 bits per heavy atom. The van der Waals surface area contributed by atoms with Crippen LogP contribution in [0, 0.1) is 12.3 Å². The van der Waals surface area contributed by atoms with E-state index in [-0.39, 0.29) is 33.9 Å². The van der Waals surface area contributed by atoms with Crippen LogP contribution >= 0.6 is 0 Å². The number of hydrogen-bond acceptors (Lipinski definition) is 8. The van der Waals surface area contributed by atoms with Crippen molar-refractivity contribution in [3.63, 3.8) is 0 Å². The van der Waals surface area contributed by atoms with Gasteiger partial charge in [-0.3, -0.25) is 0 Å². The largest absolute Gasteiger partial charge is 0.421 e. The molecule has 38 heavy (non-hydrogen) atoms. The average Bonchev–Trinajstić information content (AvgIpc) is 2.83. The highest BCUT2D eigenvalue weighted by molar-refractivity contribution is 7.92. The number of sulfone groups is 1. The summed E-state index contributed by atoms with van der Waals surface area (Å²) in [5, 5.41) is 16.3. The fourth-order valence-corrected chi connectivity index (χ4v) is 8.16. The van der Waals surface area contributed by atoms with Crippen LogP contribution in [0.15, 0.2) is 29.3 Å². The van der Waals surface area contributed by atoms with Crippen LogP contribution in [0.4, 0.5) is 30.6 Å². The van der Waals surface area contributed by atoms with E-state index in [0.29, 0.717) is 43.5 Å². The van der Waals surface area contributed by atoms with E-state index in [1.54, 1.807) is 26.0 Å². The zero-order valence-electron chi connectivity index (χ0n) is 21.6. The molecule has 3 heterocycles. The van der Waals surface area contributed by atoms with Gasteiger partial charge in [0.05, 0.1) is 15.7 Å². The lowest BCUT2D eigenvalue weighted by Crippen LogP contribution is -2.50. The maximum atomic E-state index is 13.7. The van der Waals surface area contributed by atoms with Crippen molar-refractivity contribution in [2.45, 2.75) is 74.3 Å². The predicted molar refractivity (Wildman–Crippen MR) is 138 cm³/mol. The first-order valence-electron chi connectivity index (χ1n) is 13.0. The lowest BCUT2D eigenvalue weighted by atomic mass is 9.63. The van der Waals surface area contributed by atoms with Gasteiger partial charge in [-0.05, 0) is 94.6 Å². The summed E-state index contributed by atoms with van der Waals surface area (Å²) in [6.07, 6.45) is 0.492. The van der Waals surface area contributed by atoms with Gasteiger partial charge in [0.1, 0.15) is 11.4 Å². The van der Waals surface area contributed by atoms with Gasteiger partial charge in [0.15, 0.2) is 9.84 Å². The normalized spacial score (nSPS) is 24.3. The van der Waals surface area contributed by atoms with Gasteiger partial charge < -0.3 is 20.6 Å². The molecule has 12 heteroatoms. The van der Waals surface area contributed by atoms with Gasteiger partial charge in [-0.1, -0.05) is 0 Å². The Kier molecular flexibility index (Phi) is 6.88. The Labute approximate surface area is 221 Å². The number of aliphatic hydroxyl groups is 1. The molecule has 1 aromatic carbocycles. The monoisotopic (exact) mass is 553 g/mol. The highest BCUT2D eigenvalue weighted by Gasteiger charge is 2.50. The van der Waals surface area contributed by atoms with Crippen LogP contribution in [-0.4, -0.2) is 60.5 Å². The number of hydrogen-bond donors (Lipinski definition) is 3. The fraction of sp³-hybridized carbons (Fsp3) is 0.615. The van der Waals surface area contributed by atoms with Crippen LogP contribution in [0.3, 0.4) is 0 Å². The van der Waals surface area contributed by atoms with E-state index < -0.39 is 27.2 Å². The molecule has 5 rings (SSSR count). The number of benzene rings is 1. The minimum atomic E-state index is -4.66. The summed E-state index contributed by atoms with van der Waals surface area (Å²) in [7, 11) is -3.48. The molecular formula is C26H34F3N5O3S. The third kappa shape index (κ3) is 5.35. The molecule has 1 aliphatic carbocycles. The smallest absolute Gasteiger partial charge is 0.388 e. The maximum absolute atomic E-state index is 13.7. The second-order valence-corrected chi connectivity index (χ2v) is 13.6. The van der Waals surface area contributed by atoms with E-state index >= 15 is 0 Å². The first kappa shape index (κ1) is 27.1. The lowest BCUT2D eigenvalue weighted by Gasteiger charge is -2.49. The van der Waals surface area contributed by atoms with E-state index in [9.17, 15) is 26.7 Å². The number of aromatic nitrogens is 2. The third-order valence-electron chi connectivity index (χ3n) is 8.25. The minimum Gasteiger partial charge on any atom is -0.388 e. The minimum absolute atomic E-state index is 0.0249. The third-order valence-corrected chi connectivity index (χ3v) is 10.4. The molecule has 1 atom stereocenters. The van der Waals surface area contributed by atoms with Crippen LogP contribution in [0.1, 0.15) is 56.6 Å². The Bertz CT molecular complexity index is 1300.